The summed E-state index contributed by atoms with van der Waals surface area (Å²) in [5, 5.41) is 3.12. The molecule has 0 amide bonds. The minimum atomic E-state index is -0.122. The summed E-state index contributed by atoms with van der Waals surface area (Å²) in [5.74, 6) is -0.0948. The maximum Gasteiger partial charge on any atom is 0.323 e. The molecule has 2 aliphatic rings. The molecule has 0 bridgehead atoms. The van der Waals surface area contributed by atoms with E-state index in [1.807, 2.05) is 6.92 Å². The van der Waals surface area contributed by atoms with Crippen molar-refractivity contribution in [3.8, 4) is 0 Å². The lowest BCUT2D eigenvalue weighted by Crippen LogP contribution is -2.46. The highest BCUT2D eigenvalue weighted by Gasteiger charge is 2.39. The highest BCUT2D eigenvalue weighted by Crippen LogP contribution is 2.32. The van der Waals surface area contributed by atoms with Gasteiger partial charge in [-0.15, -0.1) is 11.3 Å². The second-order valence-electron chi connectivity index (χ2n) is 7.17. The van der Waals surface area contributed by atoms with Crippen molar-refractivity contribution < 1.29 is 14.3 Å². The van der Waals surface area contributed by atoms with Crippen molar-refractivity contribution in [3.63, 3.8) is 0 Å². The number of aromatic nitrogens is 1. The number of nitrogens with zero attached hydrogens (tertiary/aromatic N) is 2. The van der Waals surface area contributed by atoms with Gasteiger partial charge in [0.1, 0.15) is 23.3 Å². The molecule has 6 heteroatoms. The summed E-state index contributed by atoms with van der Waals surface area (Å²) >= 11 is 1.65. The van der Waals surface area contributed by atoms with Crippen molar-refractivity contribution in [1.82, 2.24) is 9.88 Å². The number of hydrogen-bond donors (Lipinski definition) is 0. The summed E-state index contributed by atoms with van der Waals surface area (Å²) in [5.41, 5.74) is 1.15. The Morgan fingerprint density at radius 2 is 2.18 bits per heavy atom. The first-order valence-corrected chi connectivity index (χ1v) is 8.74. The van der Waals surface area contributed by atoms with E-state index in [0.717, 1.165) is 23.7 Å². The van der Waals surface area contributed by atoms with Gasteiger partial charge >= 0.3 is 5.97 Å². The van der Waals surface area contributed by atoms with E-state index >= 15 is 0 Å². The van der Waals surface area contributed by atoms with Crippen LogP contribution in [0.2, 0.25) is 0 Å². The Hall–Kier alpha value is -0.980. The molecular formula is C16H24N2O3S. The van der Waals surface area contributed by atoms with Gasteiger partial charge in [-0.25, -0.2) is 4.98 Å². The van der Waals surface area contributed by atoms with E-state index in [4.69, 9.17) is 14.5 Å². The van der Waals surface area contributed by atoms with Crippen molar-refractivity contribution in [2.24, 2.45) is 0 Å². The molecule has 2 saturated heterocycles. The molecule has 0 aliphatic carbocycles. The monoisotopic (exact) mass is 324 g/mol. The summed E-state index contributed by atoms with van der Waals surface area (Å²) in [7, 11) is 0. The summed E-state index contributed by atoms with van der Waals surface area (Å²) in [6.07, 6.45) is 0.751. The van der Waals surface area contributed by atoms with Gasteiger partial charge in [-0.2, -0.15) is 0 Å². The molecule has 22 heavy (non-hydrogen) atoms. The van der Waals surface area contributed by atoms with Crippen LogP contribution in [0.25, 0.3) is 0 Å². The van der Waals surface area contributed by atoms with E-state index in [1.54, 1.807) is 11.3 Å². The third kappa shape index (κ3) is 3.19. The van der Waals surface area contributed by atoms with E-state index in [1.165, 1.54) is 0 Å². The molecule has 122 valence electrons. The highest BCUT2D eigenvalue weighted by atomic mass is 32.1. The topological polar surface area (TPSA) is 51.7 Å². The molecular weight excluding hydrogens is 300 g/mol. The van der Waals surface area contributed by atoms with Crippen LogP contribution in [0.3, 0.4) is 0 Å². The van der Waals surface area contributed by atoms with Gasteiger partial charge < -0.3 is 9.47 Å². The lowest BCUT2D eigenvalue weighted by Gasteiger charge is -2.34. The molecule has 5 nitrogen and oxygen atoms in total. The van der Waals surface area contributed by atoms with Crippen LogP contribution in [0.5, 0.6) is 0 Å². The van der Waals surface area contributed by atoms with Crippen molar-refractivity contribution in [2.75, 3.05) is 19.7 Å². The number of ether oxygens (including phenoxy) is 2. The standard InChI is InChI=1S/C16H24N2O3S/c1-10-7-11(15(19)21-10)18-5-6-20-12(8-18)14-17-13(9-22-14)16(2,3)4/h9-12H,5-8H2,1-4H3/t10-,11+,12-/m1/s1. The van der Waals surface area contributed by atoms with Gasteiger partial charge in [0.25, 0.3) is 0 Å². The lowest BCUT2D eigenvalue weighted by molar-refractivity contribution is -0.147. The number of thiazole rings is 1. The molecule has 1 aromatic heterocycles. The van der Waals surface area contributed by atoms with Crippen LogP contribution in [0.1, 0.15) is 50.9 Å². The van der Waals surface area contributed by atoms with E-state index in [2.05, 4.69) is 31.1 Å². The van der Waals surface area contributed by atoms with Gasteiger partial charge in [-0.05, 0) is 6.92 Å². The lowest BCUT2D eigenvalue weighted by atomic mass is 9.93. The van der Waals surface area contributed by atoms with Gasteiger partial charge in [0, 0.05) is 30.3 Å². The fourth-order valence-corrected chi connectivity index (χ4v) is 4.00. The second kappa shape index (κ2) is 5.91. The average Bonchev–Trinajstić information content (AvgIpc) is 3.05. The second-order valence-corrected chi connectivity index (χ2v) is 8.06. The Balaban J connectivity index is 1.71. The van der Waals surface area contributed by atoms with Crippen molar-refractivity contribution >= 4 is 17.3 Å². The molecule has 3 rings (SSSR count). The molecule has 0 saturated carbocycles. The average molecular weight is 324 g/mol. The third-order valence-electron chi connectivity index (χ3n) is 4.25. The fraction of sp³-hybridized carbons (Fsp3) is 0.750. The Morgan fingerprint density at radius 3 is 2.77 bits per heavy atom. The Kier molecular flexibility index (Phi) is 4.27. The number of esters is 1. The number of cyclic esters (lactones) is 1. The van der Waals surface area contributed by atoms with E-state index in [9.17, 15) is 4.79 Å². The maximum absolute atomic E-state index is 11.9. The first-order valence-electron chi connectivity index (χ1n) is 7.86. The van der Waals surface area contributed by atoms with E-state index in [-0.39, 0.29) is 29.6 Å². The number of carbonyl (C=O) groups is 1. The van der Waals surface area contributed by atoms with Crippen molar-refractivity contribution in [3.05, 3.63) is 16.1 Å². The zero-order valence-corrected chi connectivity index (χ0v) is 14.5. The molecule has 1 aromatic rings. The van der Waals surface area contributed by atoms with Crippen molar-refractivity contribution in [1.29, 1.82) is 0 Å². The summed E-state index contributed by atoms with van der Waals surface area (Å²) in [6, 6.07) is -0.122. The smallest absolute Gasteiger partial charge is 0.323 e. The molecule has 0 aromatic carbocycles. The summed E-state index contributed by atoms with van der Waals surface area (Å²) in [4.78, 5) is 18.9. The van der Waals surface area contributed by atoms with Crippen LogP contribution >= 0.6 is 11.3 Å². The van der Waals surface area contributed by atoms with Crippen LogP contribution < -0.4 is 0 Å². The predicted molar refractivity (Wildman–Crippen MR) is 85.0 cm³/mol. The van der Waals surface area contributed by atoms with Crippen LogP contribution in [0, 0.1) is 0 Å². The largest absolute Gasteiger partial charge is 0.461 e. The number of rotatable bonds is 2. The third-order valence-corrected chi connectivity index (χ3v) is 5.19. The molecule has 0 spiro atoms. The molecule has 3 atom stereocenters. The predicted octanol–water partition coefficient (Wildman–Crippen LogP) is 2.52. The normalized spacial score (nSPS) is 30.5. The van der Waals surface area contributed by atoms with Crippen LogP contribution in [-0.2, 0) is 19.7 Å². The first kappa shape index (κ1) is 15.9. The molecule has 2 aliphatic heterocycles. The van der Waals surface area contributed by atoms with E-state index < -0.39 is 0 Å². The highest BCUT2D eigenvalue weighted by molar-refractivity contribution is 7.09. The number of morpholine rings is 1. The van der Waals surface area contributed by atoms with E-state index in [0.29, 0.717) is 13.2 Å². The quantitative estimate of drug-likeness (QED) is 0.783. The summed E-state index contributed by atoms with van der Waals surface area (Å²) < 4.78 is 11.2. The summed E-state index contributed by atoms with van der Waals surface area (Å²) in [6.45, 7) is 10.6. The molecule has 0 N–H and O–H groups in total. The SMILES string of the molecule is C[C@@H]1C[C@H](N2CCO[C@@H](c3nc(C(C)(C)C)cs3)C2)C(=O)O1. The van der Waals surface area contributed by atoms with Gasteiger partial charge in [-0.3, -0.25) is 9.69 Å². The molecule has 0 unspecified atom stereocenters. The molecule has 3 heterocycles. The van der Waals surface area contributed by atoms with Gasteiger partial charge in [0.15, 0.2) is 0 Å². The first-order chi connectivity index (χ1) is 10.3. The van der Waals surface area contributed by atoms with Gasteiger partial charge in [0.05, 0.1) is 12.3 Å². The zero-order valence-electron chi connectivity index (χ0n) is 13.7. The molecule has 2 fully saturated rings. The van der Waals surface area contributed by atoms with Crippen LogP contribution in [0.15, 0.2) is 5.38 Å². The number of carbonyl (C=O) groups excluding carboxylic acids is 1. The van der Waals surface area contributed by atoms with Gasteiger partial charge in [-0.1, -0.05) is 20.8 Å². The number of hydrogen-bond acceptors (Lipinski definition) is 6. The Labute approximate surface area is 135 Å². The molecule has 0 radical (unpaired) electrons. The minimum absolute atomic E-state index is 0.0196. The van der Waals surface area contributed by atoms with Crippen LogP contribution in [0.4, 0.5) is 0 Å². The zero-order chi connectivity index (χ0) is 15.9. The minimum Gasteiger partial charge on any atom is -0.461 e. The fourth-order valence-electron chi connectivity index (χ4n) is 2.92. The van der Waals surface area contributed by atoms with Gasteiger partial charge in [0.2, 0.25) is 0 Å². The Bertz CT molecular complexity index is 552. The van der Waals surface area contributed by atoms with Crippen molar-refractivity contribution in [2.45, 2.75) is 57.8 Å². The maximum atomic E-state index is 11.9. The Morgan fingerprint density at radius 1 is 1.41 bits per heavy atom. The van der Waals surface area contributed by atoms with Crippen LogP contribution in [-0.4, -0.2) is 47.7 Å².